The van der Waals surface area contributed by atoms with E-state index in [9.17, 15) is 14.0 Å². The molecule has 0 aliphatic rings. The Morgan fingerprint density at radius 1 is 1.10 bits per heavy atom. The smallest absolute Gasteiger partial charge is 0.374 e. The molecule has 3 heterocycles. The van der Waals surface area contributed by atoms with Gasteiger partial charge in [0.1, 0.15) is 36.2 Å². The lowest BCUT2D eigenvalue weighted by molar-refractivity contribution is 0.0427. The fourth-order valence-corrected chi connectivity index (χ4v) is 2.79. The van der Waals surface area contributed by atoms with Gasteiger partial charge in [0.2, 0.25) is 5.76 Å². The van der Waals surface area contributed by atoms with Crippen LogP contribution in [-0.4, -0.2) is 15.4 Å². The topological polar surface area (TPSA) is 83.0 Å². The summed E-state index contributed by atoms with van der Waals surface area (Å²) >= 11 is 0. The molecule has 30 heavy (non-hydrogen) atoms. The Hall–Kier alpha value is -3.94. The van der Waals surface area contributed by atoms with Crippen LogP contribution in [0, 0.1) is 12.7 Å². The van der Waals surface area contributed by atoms with Crippen LogP contribution in [0.25, 0.3) is 5.65 Å². The maximum atomic E-state index is 12.9. The highest BCUT2D eigenvalue weighted by Gasteiger charge is 2.14. The molecule has 0 saturated heterocycles. The Balaban J connectivity index is 1.38. The predicted octanol–water partition coefficient (Wildman–Crippen LogP) is 3.67. The largest absolute Gasteiger partial charge is 0.486 e. The summed E-state index contributed by atoms with van der Waals surface area (Å²) in [6.45, 7) is 1.80. The van der Waals surface area contributed by atoms with Gasteiger partial charge in [-0.05, 0) is 61.0 Å². The van der Waals surface area contributed by atoms with Crippen molar-refractivity contribution < 1.29 is 23.1 Å². The number of hydrogen-bond donors (Lipinski definition) is 0. The number of ether oxygens (including phenoxy) is 2. The summed E-state index contributed by atoms with van der Waals surface area (Å²) in [5.74, 6) is -0.163. The highest BCUT2D eigenvalue weighted by molar-refractivity contribution is 5.86. The van der Waals surface area contributed by atoms with E-state index < -0.39 is 5.97 Å². The van der Waals surface area contributed by atoms with Crippen LogP contribution in [0.15, 0.2) is 70.0 Å². The van der Waals surface area contributed by atoms with Crippen LogP contribution >= 0.6 is 0 Å². The molecule has 0 unspecified atom stereocenters. The van der Waals surface area contributed by atoms with Gasteiger partial charge >= 0.3 is 5.97 Å². The maximum absolute atomic E-state index is 12.9. The van der Waals surface area contributed by atoms with E-state index in [4.69, 9.17) is 13.9 Å². The molecule has 0 atom stereocenters. The average molecular weight is 408 g/mol. The second-order valence-electron chi connectivity index (χ2n) is 6.60. The van der Waals surface area contributed by atoms with Gasteiger partial charge in [-0.25, -0.2) is 14.2 Å². The number of benzene rings is 1. The maximum Gasteiger partial charge on any atom is 0.374 e. The number of halogens is 1. The number of furan rings is 1. The normalized spacial score (nSPS) is 10.9. The molecule has 3 aromatic heterocycles. The summed E-state index contributed by atoms with van der Waals surface area (Å²) in [5, 5.41) is 0. The van der Waals surface area contributed by atoms with Crippen LogP contribution in [0.4, 0.5) is 4.39 Å². The number of carbonyl (C=O) groups excluding carboxylic acids is 1. The molecule has 152 valence electrons. The number of esters is 1. The molecular weight excluding hydrogens is 391 g/mol. The minimum Gasteiger partial charge on any atom is -0.486 e. The first-order valence-electron chi connectivity index (χ1n) is 9.11. The van der Waals surface area contributed by atoms with Crippen molar-refractivity contribution in [1.29, 1.82) is 0 Å². The molecule has 0 amide bonds. The fraction of sp³-hybridized carbons (Fsp3) is 0.136. The zero-order chi connectivity index (χ0) is 21.1. The molecule has 4 aromatic rings. The van der Waals surface area contributed by atoms with Gasteiger partial charge in [-0.3, -0.25) is 9.20 Å². The summed E-state index contributed by atoms with van der Waals surface area (Å²) in [5.41, 5.74) is 1.52. The lowest BCUT2D eigenvalue weighted by atomic mass is 10.3. The molecule has 0 radical (unpaired) electrons. The highest BCUT2D eigenvalue weighted by Crippen LogP contribution is 2.16. The van der Waals surface area contributed by atoms with E-state index in [1.54, 1.807) is 18.3 Å². The molecule has 0 aliphatic carbocycles. The van der Waals surface area contributed by atoms with Crippen molar-refractivity contribution in [2.75, 3.05) is 0 Å². The van der Waals surface area contributed by atoms with E-state index in [-0.39, 0.29) is 30.4 Å². The van der Waals surface area contributed by atoms with Gasteiger partial charge in [0.15, 0.2) is 0 Å². The Bertz CT molecular complexity index is 1260. The zero-order valence-electron chi connectivity index (χ0n) is 16.0. The summed E-state index contributed by atoms with van der Waals surface area (Å²) in [4.78, 5) is 28.7. The van der Waals surface area contributed by atoms with Crippen LogP contribution in [0.2, 0.25) is 0 Å². The number of aromatic nitrogens is 2. The van der Waals surface area contributed by atoms with E-state index in [2.05, 4.69) is 4.98 Å². The third kappa shape index (κ3) is 4.38. The zero-order valence-corrected chi connectivity index (χ0v) is 16.0. The number of nitrogens with zero attached hydrogens (tertiary/aromatic N) is 2. The van der Waals surface area contributed by atoms with E-state index in [0.717, 1.165) is 5.56 Å². The molecule has 4 rings (SSSR count). The lowest BCUT2D eigenvalue weighted by Gasteiger charge is -2.06. The molecule has 7 nitrogen and oxygen atoms in total. The van der Waals surface area contributed by atoms with Crippen molar-refractivity contribution in [3.63, 3.8) is 0 Å². The number of fused-ring (bicyclic) bond motifs is 1. The number of hydrogen-bond acceptors (Lipinski definition) is 6. The Morgan fingerprint density at radius 3 is 2.70 bits per heavy atom. The van der Waals surface area contributed by atoms with E-state index in [0.29, 0.717) is 22.9 Å². The number of aryl methyl sites for hydroxylation is 1. The minimum absolute atomic E-state index is 0.000983. The van der Waals surface area contributed by atoms with Crippen molar-refractivity contribution in [2.24, 2.45) is 0 Å². The fourth-order valence-electron chi connectivity index (χ4n) is 2.79. The van der Waals surface area contributed by atoms with Crippen molar-refractivity contribution >= 4 is 11.6 Å². The predicted molar refractivity (Wildman–Crippen MR) is 105 cm³/mol. The summed E-state index contributed by atoms with van der Waals surface area (Å²) < 4.78 is 30.4. The third-order valence-electron chi connectivity index (χ3n) is 4.28. The van der Waals surface area contributed by atoms with Crippen LogP contribution in [-0.2, 0) is 18.0 Å². The van der Waals surface area contributed by atoms with Gasteiger partial charge in [-0.2, -0.15) is 0 Å². The third-order valence-corrected chi connectivity index (χ3v) is 4.28. The molecule has 0 saturated carbocycles. The monoisotopic (exact) mass is 408 g/mol. The SMILES string of the molecule is Cc1ccn2c(=O)cc(COC(=O)c3ccc(COc4ccc(F)cc4)o3)nc2c1. The molecule has 0 bridgehead atoms. The molecule has 0 aliphatic heterocycles. The summed E-state index contributed by atoms with van der Waals surface area (Å²) in [7, 11) is 0. The van der Waals surface area contributed by atoms with Crippen molar-refractivity contribution in [2.45, 2.75) is 20.1 Å². The van der Waals surface area contributed by atoms with Crippen LogP contribution in [0.1, 0.15) is 27.6 Å². The summed E-state index contributed by atoms with van der Waals surface area (Å²) in [6, 6.07) is 13.5. The van der Waals surface area contributed by atoms with Crippen molar-refractivity contribution in [3.05, 3.63) is 99.7 Å². The van der Waals surface area contributed by atoms with Gasteiger partial charge in [0.05, 0.1) is 5.69 Å². The van der Waals surface area contributed by atoms with Crippen molar-refractivity contribution in [3.8, 4) is 5.75 Å². The number of rotatable bonds is 6. The highest BCUT2D eigenvalue weighted by atomic mass is 19.1. The first-order valence-corrected chi connectivity index (χ1v) is 9.11. The average Bonchev–Trinajstić information content (AvgIpc) is 3.20. The van der Waals surface area contributed by atoms with E-state index in [1.165, 1.54) is 40.8 Å². The second-order valence-corrected chi connectivity index (χ2v) is 6.60. The van der Waals surface area contributed by atoms with Gasteiger partial charge in [0, 0.05) is 12.3 Å². The van der Waals surface area contributed by atoms with Gasteiger partial charge in [0.25, 0.3) is 5.56 Å². The second kappa shape index (κ2) is 8.20. The van der Waals surface area contributed by atoms with E-state index in [1.807, 2.05) is 13.0 Å². The lowest BCUT2D eigenvalue weighted by Crippen LogP contribution is -2.16. The first-order chi connectivity index (χ1) is 14.5. The Labute approximate surface area is 170 Å². The van der Waals surface area contributed by atoms with Gasteiger partial charge in [-0.1, -0.05) is 0 Å². The molecule has 1 aromatic carbocycles. The molecule has 8 heteroatoms. The molecular formula is C22H17FN2O5. The first kappa shape index (κ1) is 19.4. The number of carbonyl (C=O) groups is 1. The van der Waals surface area contributed by atoms with Crippen molar-refractivity contribution in [1.82, 2.24) is 9.38 Å². The van der Waals surface area contributed by atoms with Crippen LogP contribution in [0.5, 0.6) is 5.75 Å². The van der Waals surface area contributed by atoms with E-state index >= 15 is 0 Å². The molecule has 0 fully saturated rings. The quantitative estimate of drug-likeness (QED) is 0.453. The summed E-state index contributed by atoms with van der Waals surface area (Å²) in [6.07, 6.45) is 1.65. The van der Waals surface area contributed by atoms with Crippen LogP contribution < -0.4 is 10.3 Å². The Kier molecular flexibility index (Phi) is 5.30. The Morgan fingerprint density at radius 2 is 1.90 bits per heavy atom. The molecule has 0 spiro atoms. The minimum atomic E-state index is -0.686. The van der Waals surface area contributed by atoms with Crippen LogP contribution in [0.3, 0.4) is 0 Å². The standard InChI is InChI=1S/C22H17FN2O5/c1-14-8-9-25-20(10-14)24-16(11-21(25)26)12-29-22(27)19-7-6-18(30-19)13-28-17-4-2-15(23)3-5-17/h2-11H,12-13H2,1H3. The number of pyridine rings is 1. The van der Waals surface area contributed by atoms with Gasteiger partial charge < -0.3 is 13.9 Å². The van der Waals surface area contributed by atoms with Gasteiger partial charge in [-0.15, -0.1) is 0 Å². The molecule has 0 N–H and O–H groups in total.